The average molecular weight is 565 g/mol. The third-order valence-corrected chi connectivity index (χ3v) is 6.78. The van der Waals surface area contributed by atoms with Crippen molar-refractivity contribution in [2.24, 2.45) is 15.9 Å². The van der Waals surface area contributed by atoms with Crippen molar-refractivity contribution in [2.75, 3.05) is 13.1 Å². The van der Waals surface area contributed by atoms with E-state index in [4.69, 9.17) is 4.74 Å². The molecular weight excluding hydrogens is 536 g/mol. The number of rotatable bonds is 4. The van der Waals surface area contributed by atoms with Gasteiger partial charge in [0.1, 0.15) is 29.1 Å². The van der Waals surface area contributed by atoms with Crippen LogP contribution in [-0.4, -0.2) is 75.6 Å². The highest BCUT2D eigenvalue weighted by atomic mass is 19.4. The number of hydrogen-bond donors (Lipinski definition) is 2. The zero-order valence-electron chi connectivity index (χ0n) is 21.9. The van der Waals surface area contributed by atoms with Gasteiger partial charge in [-0.2, -0.15) is 18.4 Å². The Morgan fingerprint density at radius 3 is 2.58 bits per heavy atom. The first-order chi connectivity index (χ1) is 18.7. The van der Waals surface area contributed by atoms with E-state index >= 15 is 4.39 Å². The van der Waals surface area contributed by atoms with E-state index in [0.717, 1.165) is 12.1 Å². The van der Waals surface area contributed by atoms with Gasteiger partial charge in [-0.15, -0.1) is 0 Å². The number of benzene rings is 1. The number of nitrogens with zero attached hydrogens (tertiary/aromatic N) is 5. The van der Waals surface area contributed by atoms with Crippen molar-refractivity contribution < 1.29 is 37.0 Å². The van der Waals surface area contributed by atoms with E-state index in [9.17, 15) is 33.1 Å². The second kappa shape index (κ2) is 10.5. The number of alkyl halides is 4. The number of likely N-dealkylation sites (tertiary alicyclic amines) is 1. The number of allylic oxidation sites excluding steroid dienone is 1. The largest absolute Gasteiger partial charge is 0.444 e. The van der Waals surface area contributed by atoms with Gasteiger partial charge in [0.25, 0.3) is 5.91 Å². The van der Waals surface area contributed by atoms with Crippen molar-refractivity contribution in [1.82, 2.24) is 15.3 Å². The number of aliphatic hydroxyl groups is 1. The molecule has 1 aromatic rings. The maximum absolute atomic E-state index is 16.0. The van der Waals surface area contributed by atoms with E-state index in [2.05, 4.69) is 15.4 Å². The SMILES string of the molecule is CC(C)(C)OC(=O)N1CC[C@](CC#N)(N2NC(=Nc3ccc([C@@H](O)C(F)(F)F)cc3)C3C(=O)N=CC=C32)[C@H](F)C1. The molecular formula is C26H28F4N6O4. The van der Waals surface area contributed by atoms with E-state index in [-0.39, 0.29) is 43.0 Å². The fourth-order valence-corrected chi connectivity index (χ4v) is 4.81. The van der Waals surface area contributed by atoms with Gasteiger partial charge in [-0.05, 0) is 51.0 Å². The summed E-state index contributed by atoms with van der Waals surface area (Å²) >= 11 is 0. The van der Waals surface area contributed by atoms with Crippen LogP contribution in [0.5, 0.6) is 0 Å². The number of aliphatic imine (C=N–C) groups is 2. The maximum atomic E-state index is 16.0. The number of nitriles is 1. The molecule has 0 bridgehead atoms. The third-order valence-electron chi connectivity index (χ3n) is 6.78. The molecule has 0 aromatic heterocycles. The van der Waals surface area contributed by atoms with Crippen LogP contribution in [0.15, 0.2) is 46.0 Å². The van der Waals surface area contributed by atoms with Crippen molar-refractivity contribution in [3.05, 3.63) is 41.6 Å². The summed E-state index contributed by atoms with van der Waals surface area (Å²) in [7, 11) is 0. The highest BCUT2D eigenvalue weighted by molar-refractivity contribution is 6.12. The van der Waals surface area contributed by atoms with Crippen LogP contribution in [0.1, 0.15) is 45.3 Å². The summed E-state index contributed by atoms with van der Waals surface area (Å²) in [5, 5.41) is 20.5. The Kier molecular flexibility index (Phi) is 7.64. The summed E-state index contributed by atoms with van der Waals surface area (Å²) in [6, 6.07) is 6.61. The summed E-state index contributed by atoms with van der Waals surface area (Å²) in [6.45, 7) is 4.79. The van der Waals surface area contributed by atoms with Crippen LogP contribution in [0.25, 0.3) is 0 Å². The number of amides is 2. The molecule has 3 heterocycles. The summed E-state index contributed by atoms with van der Waals surface area (Å²) in [5.41, 5.74) is 0.744. The molecule has 1 aromatic carbocycles. The molecule has 2 fully saturated rings. The summed E-state index contributed by atoms with van der Waals surface area (Å²) in [6.07, 6.45) is -7.47. The maximum Gasteiger partial charge on any atom is 0.418 e. The number of dihydropyridines is 1. The highest BCUT2D eigenvalue weighted by Gasteiger charge is 2.55. The normalized spacial score (nSPS) is 26.6. The molecule has 2 saturated heterocycles. The van der Waals surface area contributed by atoms with Gasteiger partial charge in [-0.3, -0.25) is 15.2 Å². The van der Waals surface area contributed by atoms with Gasteiger partial charge in [0, 0.05) is 12.8 Å². The lowest BCUT2D eigenvalue weighted by Crippen LogP contribution is -2.65. The minimum Gasteiger partial charge on any atom is -0.444 e. The van der Waals surface area contributed by atoms with Crippen molar-refractivity contribution in [3.8, 4) is 6.07 Å². The first-order valence-corrected chi connectivity index (χ1v) is 12.4. The third kappa shape index (κ3) is 5.65. The van der Waals surface area contributed by atoms with E-state index in [1.165, 1.54) is 34.3 Å². The van der Waals surface area contributed by atoms with Crippen molar-refractivity contribution in [2.45, 2.75) is 63.2 Å². The summed E-state index contributed by atoms with van der Waals surface area (Å²) < 4.78 is 59.9. The van der Waals surface area contributed by atoms with Gasteiger partial charge in [-0.1, -0.05) is 12.1 Å². The molecule has 1 unspecified atom stereocenters. The summed E-state index contributed by atoms with van der Waals surface area (Å²) in [5.74, 6) is -1.64. The number of piperidine rings is 1. The van der Waals surface area contributed by atoms with Crippen molar-refractivity contribution in [3.63, 3.8) is 0 Å². The molecule has 4 atom stereocenters. The highest BCUT2D eigenvalue weighted by Crippen LogP contribution is 2.42. The van der Waals surface area contributed by atoms with Gasteiger partial charge in [-0.25, -0.2) is 19.2 Å². The second-order valence-electron chi connectivity index (χ2n) is 10.7. The van der Waals surface area contributed by atoms with Gasteiger partial charge >= 0.3 is 12.3 Å². The van der Waals surface area contributed by atoms with Crippen LogP contribution in [-0.2, 0) is 9.53 Å². The molecule has 14 heteroatoms. The Bertz CT molecular complexity index is 1300. The fourth-order valence-electron chi connectivity index (χ4n) is 4.81. The number of amidine groups is 1. The Morgan fingerprint density at radius 1 is 1.32 bits per heavy atom. The molecule has 0 saturated carbocycles. The Hall–Kier alpha value is -3.99. The lowest BCUT2D eigenvalue weighted by Gasteiger charge is -2.49. The molecule has 40 heavy (non-hydrogen) atoms. The smallest absolute Gasteiger partial charge is 0.418 e. The Balaban J connectivity index is 1.64. The molecule has 2 amide bonds. The lowest BCUT2D eigenvalue weighted by atomic mass is 9.81. The number of hydrogen-bond acceptors (Lipinski definition) is 7. The van der Waals surface area contributed by atoms with E-state index in [0.29, 0.717) is 5.70 Å². The van der Waals surface area contributed by atoms with Crippen LogP contribution in [0, 0.1) is 17.2 Å². The number of fused-ring (bicyclic) bond motifs is 1. The molecule has 0 spiro atoms. The zero-order chi connectivity index (χ0) is 29.5. The predicted octanol–water partition coefficient (Wildman–Crippen LogP) is 3.87. The minimum atomic E-state index is -4.84. The monoisotopic (exact) mass is 564 g/mol. The molecule has 0 aliphatic carbocycles. The number of carbonyl (C=O) groups excluding carboxylic acids is 2. The molecule has 3 aliphatic rings. The van der Waals surface area contributed by atoms with Crippen LogP contribution < -0.4 is 5.43 Å². The number of aliphatic hydroxyl groups excluding tert-OH is 1. The second-order valence-corrected chi connectivity index (χ2v) is 10.7. The topological polar surface area (TPSA) is 131 Å². The van der Waals surface area contributed by atoms with E-state index < -0.39 is 47.5 Å². The number of hydrazine groups is 1. The molecule has 4 rings (SSSR count). The number of ether oxygens (including phenoxy) is 1. The number of halogens is 4. The zero-order valence-corrected chi connectivity index (χ0v) is 21.9. The van der Waals surface area contributed by atoms with Crippen LogP contribution >= 0.6 is 0 Å². The van der Waals surface area contributed by atoms with Crippen molar-refractivity contribution in [1.29, 1.82) is 5.26 Å². The first-order valence-electron chi connectivity index (χ1n) is 12.4. The first kappa shape index (κ1) is 29.0. The quantitative estimate of drug-likeness (QED) is 0.531. The van der Waals surface area contributed by atoms with Gasteiger partial charge in [0.15, 0.2) is 6.10 Å². The number of nitrogens with one attached hydrogen (secondary N) is 1. The summed E-state index contributed by atoms with van der Waals surface area (Å²) in [4.78, 5) is 34.8. The predicted molar refractivity (Wildman–Crippen MR) is 135 cm³/mol. The molecule has 0 radical (unpaired) electrons. The standard InChI is InChI=1S/C26H28F4N6O4/c1-24(2,3)40-23(39)35-13-10-25(9-11-31,18(27)14-35)36-17-8-12-32-22(38)19(17)21(34-36)33-16-6-4-15(5-7-16)20(37)26(28,29)30/h4-8,12,18-20,37H,9-10,13-14H2,1-3H3,(H,33,34)/t18-,19?,20-,25+/m1/s1. The average Bonchev–Trinajstić information content (AvgIpc) is 3.23. The minimum absolute atomic E-state index is 0.0146. The van der Waals surface area contributed by atoms with E-state index in [1.807, 2.05) is 6.07 Å². The van der Waals surface area contributed by atoms with Gasteiger partial charge < -0.3 is 14.7 Å². The lowest BCUT2D eigenvalue weighted by molar-refractivity contribution is -0.206. The Labute approximate surface area is 227 Å². The molecule has 2 N–H and O–H groups in total. The van der Waals surface area contributed by atoms with Gasteiger partial charge in [0.05, 0.1) is 30.4 Å². The van der Waals surface area contributed by atoms with E-state index in [1.54, 1.807) is 20.8 Å². The van der Waals surface area contributed by atoms with Gasteiger partial charge in [0.2, 0.25) is 0 Å². The molecule has 214 valence electrons. The Morgan fingerprint density at radius 2 is 2.00 bits per heavy atom. The van der Waals surface area contributed by atoms with Crippen molar-refractivity contribution >= 4 is 29.7 Å². The van der Waals surface area contributed by atoms with Crippen LogP contribution in [0.3, 0.4) is 0 Å². The van der Waals surface area contributed by atoms with Crippen LogP contribution in [0.4, 0.5) is 28.0 Å². The number of carbonyl (C=O) groups is 2. The fraction of sp³-hybridized carbons (Fsp3) is 0.500. The van der Waals surface area contributed by atoms with Crippen LogP contribution in [0.2, 0.25) is 0 Å². The molecule has 10 nitrogen and oxygen atoms in total. The molecule has 3 aliphatic heterocycles.